The van der Waals surface area contributed by atoms with Crippen molar-refractivity contribution in [3.8, 4) is 6.07 Å². The van der Waals surface area contributed by atoms with E-state index in [1.807, 2.05) is 26.2 Å². The van der Waals surface area contributed by atoms with Gasteiger partial charge >= 0.3 is 0 Å². The van der Waals surface area contributed by atoms with Gasteiger partial charge in [-0.2, -0.15) is 5.26 Å². The fourth-order valence-corrected chi connectivity index (χ4v) is 4.44. The van der Waals surface area contributed by atoms with Crippen molar-refractivity contribution in [3.05, 3.63) is 70.0 Å². The Morgan fingerprint density at radius 3 is 2.79 bits per heavy atom. The van der Waals surface area contributed by atoms with Gasteiger partial charge in [0.15, 0.2) is 0 Å². The SMILES string of the molecule is CN(C)C[C@@H]1CN(CCc2ccc(F)cc2Cl)CC[C@@]1(O)c1cccc(C#N)c1. The first-order valence-corrected chi connectivity index (χ1v) is 10.2. The third-order valence-electron chi connectivity index (χ3n) is 5.75. The molecule has 6 heteroatoms. The Balaban J connectivity index is 1.75. The van der Waals surface area contributed by atoms with E-state index in [0.717, 1.165) is 43.7 Å². The molecule has 2 atom stereocenters. The Kier molecular flexibility index (Phi) is 6.92. The van der Waals surface area contributed by atoms with Crippen molar-refractivity contribution in [2.24, 2.45) is 5.92 Å². The molecule has 1 saturated heterocycles. The summed E-state index contributed by atoms with van der Waals surface area (Å²) in [6.07, 6.45) is 1.33. The second-order valence-corrected chi connectivity index (χ2v) is 8.52. The lowest BCUT2D eigenvalue weighted by Crippen LogP contribution is -2.53. The van der Waals surface area contributed by atoms with Crippen molar-refractivity contribution in [1.29, 1.82) is 5.26 Å². The van der Waals surface area contributed by atoms with E-state index in [-0.39, 0.29) is 11.7 Å². The highest BCUT2D eigenvalue weighted by atomic mass is 35.5. The van der Waals surface area contributed by atoms with Crippen molar-refractivity contribution in [2.45, 2.75) is 18.4 Å². The molecule has 2 aromatic rings. The predicted molar refractivity (Wildman–Crippen MR) is 113 cm³/mol. The first-order valence-electron chi connectivity index (χ1n) is 9.86. The lowest BCUT2D eigenvalue weighted by Gasteiger charge is -2.46. The Morgan fingerprint density at radius 1 is 1.31 bits per heavy atom. The van der Waals surface area contributed by atoms with Crippen molar-refractivity contribution < 1.29 is 9.50 Å². The molecule has 29 heavy (non-hydrogen) atoms. The summed E-state index contributed by atoms with van der Waals surface area (Å²) >= 11 is 6.17. The van der Waals surface area contributed by atoms with E-state index in [9.17, 15) is 14.8 Å². The fraction of sp³-hybridized carbons (Fsp3) is 0.435. The molecule has 0 spiro atoms. The van der Waals surface area contributed by atoms with Crippen LogP contribution in [-0.4, -0.2) is 55.2 Å². The van der Waals surface area contributed by atoms with Crippen LogP contribution in [0.25, 0.3) is 0 Å². The summed E-state index contributed by atoms with van der Waals surface area (Å²) in [5.41, 5.74) is 1.33. The number of nitrogens with zero attached hydrogens (tertiary/aromatic N) is 3. The molecule has 2 aromatic carbocycles. The summed E-state index contributed by atoms with van der Waals surface area (Å²) in [6.45, 7) is 3.02. The number of hydrogen-bond acceptors (Lipinski definition) is 4. The summed E-state index contributed by atoms with van der Waals surface area (Å²) in [5, 5.41) is 21.3. The van der Waals surface area contributed by atoms with E-state index in [0.29, 0.717) is 17.0 Å². The van der Waals surface area contributed by atoms with Crippen molar-refractivity contribution in [1.82, 2.24) is 9.80 Å². The molecule has 3 rings (SSSR count). The summed E-state index contributed by atoms with van der Waals surface area (Å²) in [6, 6.07) is 14.0. The maximum absolute atomic E-state index is 13.3. The van der Waals surface area contributed by atoms with Gasteiger partial charge in [-0.05, 0) is 62.3 Å². The fourth-order valence-electron chi connectivity index (χ4n) is 4.18. The molecule has 1 aliphatic heterocycles. The lowest BCUT2D eigenvalue weighted by molar-refractivity contribution is -0.0843. The van der Waals surface area contributed by atoms with Gasteiger partial charge in [-0.15, -0.1) is 0 Å². The highest BCUT2D eigenvalue weighted by molar-refractivity contribution is 6.31. The number of aliphatic hydroxyl groups is 1. The quantitative estimate of drug-likeness (QED) is 0.782. The molecule has 0 aromatic heterocycles. The maximum atomic E-state index is 13.3. The largest absolute Gasteiger partial charge is 0.385 e. The number of benzene rings is 2. The van der Waals surface area contributed by atoms with Crippen LogP contribution in [0, 0.1) is 23.1 Å². The molecule has 1 heterocycles. The van der Waals surface area contributed by atoms with E-state index in [4.69, 9.17) is 11.6 Å². The van der Waals surface area contributed by atoms with E-state index >= 15 is 0 Å². The van der Waals surface area contributed by atoms with Gasteiger partial charge in [-0.1, -0.05) is 29.8 Å². The lowest BCUT2D eigenvalue weighted by atomic mass is 9.75. The smallest absolute Gasteiger partial charge is 0.124 e. The molecule has 4 nitrogen and oxygen atoms in total. The molecule has 0 bridgehead atoms. The molecule has 0 saturated carbocycles. The van der Waals surface area contributed by atoms with Crippen LogP contribution in [0.2, 0.25) is 5.02 Å². The van der Waals surface area contributed by atoms with Gasteiger partial charge < -0.3 is 14.9 Å². The van der Waals surface area contributed by atoms with Crippen LogP contribution in [0.1, 0.15) is 23.1 Å². The summed E-state index contributed by atoms with van der Waals surface area (Å²) in [7, 11) is 4.01. The predicted octanol–water partition coefficient (Wildman–Crippen LogP) is 3.66. The Morgan fingerprint density at radius 2 is 2.10 bits per heavy atom. The zero-order valence-electron chi connectivity index (χ0n) is 16.9. The molecule has 1 N–H and O–H groups in total. The molecule has 0 aliphatic carbocycles. The van der Waals surface area contributed by atoms with Crippen LogP contribution < -0.4 is 0 Å². The molecule has 0 amide bonds. The second-order valence-electron chi connectivity index (χ2n) is 8.11. The van der Waals surface area contributed by atoms with Crippen LogP contribution in [0.3, 0.4) is 0 Å². The van der Waals surface area contributed by atoms with Crippen LogP contribution in [0.4, 0.5) is 4.39 Å². The summed E-state index contributed by atoms with van der Waals surface area (Å²) < 4.78 is 13.3. The van der Waals surface area contributed by atoms with Crippen LogP contribution in [0.15, 0.2) is 42.5 Å². The number of halogens is 2. The van der Waals surface area contributed by atoms with Crippen LogP contribution >= 0.6 is 11.6 Å². The highest BCUT2D eigenvalue weighted by Crippen LogP contribution is 2.38. The molecule has 0 radical (unpaired) electrons. The first kappa shape index (κ1) is 21.7. The van der Waals surface area contributed by atoms with Gasteiger partial charge in [0.1, 0.15) is 5.82 Å². The molecular weight excluding hydrogens is 389 g/mol. The number of piperidine rings is 1. The summed E-state index contributed by atoms with van der Waals surface area (Å²) in [5.74, 6) is -0.323. The third kappa shape index (κ3) is 5.15. The Labute approximate surface area is 177 Å². The van der Waals surface area contributed by atoms with Gasteiger partial charge in [-0.3, -0.25) is 0 Å². The monoisotopic (exact) mass is 415 g/mol. The van der Waals surface area contributed by atoms with E-state index < -0.39 is 5.60 Å². The van der Waals surface area contributed by atoms with Gasteiger partial charge in [-0.25, -0.2) is 4.39 Å². The van der Waals surface area contributed by atoms with Crippen molar-refractivity contribution in [3.63, 3.8) is 0 Å². The van der Waals surface area contributed by atoms with Crippen LogP contribution in [0.5, 0.6) is 0 Å². The Hall–Kier alpha value is -1.97. The van der Waals surface area contributed by atoms with Gasteiger partial charge in [0.05, 0.1) is 17.2 Å². The third-order valence-corrected chi connectivity index (χ3v) is 6.10. The van der Waals surface area contributed by atoms with E-state index in [1.165, 1.54) is 12.1 Å². The first-order chi connectivity index (χ1) is 13.8. The zero-order chi connectivity index (χ0) is 21.0. The minimum atomic E-state index is -0.971. The molecule has 0 unspecified atom stereocenters. The highest BCUT2D eigenvalue weighted by Gasteiger charge is 2.42. The number of nitriles is 1. The minimum Gasteiger partial charge on any atom is -0.385 e. The number of rotatable bonds is 6. The van der Waals surface area contributed by atoms with Gasteiger partial charge in [0.2, 0.25) is 0 Å². The van der Waals surface area contributed by atoms with Crippen molar-refractivity contribution >= 4 is 11.6 Å². The summed E-state index contributed by atoms with van der Waals surface area (Å²) in [4.78, 5) is 4.42. The molecule has 1 fully saturated rings. The average molecular weight is 416 g/mol. The standard InChI is InChI=1S/C23H27ClFN3O/c1-27(2)15-20-16-28(10-8-18-6-7-21(25)13-22(18)24)11-9-23(20,29)19-5-3-4-17(12-19)14-26/h3-7,12-13,20,29H,8-11,15-16H2,1-2H3/t20-,23-/m1/s1. The minimum absolute atomic E-state index is 0.00359. The second kappa shape index (κ2) is 9.23. The molecule has 154 valence electrons. The van der Waals surface area contributed by atoms with Crippen molar-refractivity contribution in [2.75, 3.05) is 40.3 Å². The maximum Gasteiger partial charge on any atom is 0.124 e. The van der Waals surface area contributed by atoms with Crippen LogP contribution in [-0.2, 0) is 12.0 Å². The van der Waals surface area contributed by atoms with Gasteiger partial charge in [0, 0.05) is 37.1 Å². The van der Waals surface area contributed by atoms with E-state index in [2.05, 4.69) is 15.9 Å². The van der Waals surface area contributed by atoms with Gasteiger partial charge in [0.25, 0.3) is 0 Å². The zero-order valence-corrected chi connectivity index (χ0v) is 17.7. The molecular formula is C23H27ClFN3O. The number of hydrogen-bond donors (Lipinski definition) is 1. The normalized spacial score (nSPS) is 22.6. The topological polar surface area (TPSA) is 50.5 Å². The number of likely N-dealkylation sites (tertiary alicyclic amines) is 1. The Bertz CT molecular complexity index is 898. The van der Waals surface area contributed by atoms with E-state index in [1.54, 1.807) is 18.2 Å². The molecule has 1 aliphatic rings. The average Bonchev–Trinajstić information content (AvgIpc) is 2.69.